The molecule has 4 heteroatoms. The summed E-state index contributed by atoms with van der Waals surface area (Å²) in [7, 11) is 2.21. The maximum absolute atomic E-state index is 5.98. The first-order chi connectivity index (χ1) is 12.2. The molecule has 1 aliphatic heterocycles. The number of benzene rings is 1. The molecular weight excluding hydrogens is 376 g/mol. The maximum atomic E-state index is 5.98. The molecular formula is C21H23BrN2O. The topological polar surface area (TPSA) is 25.4 Å². The molecule has 25 heavy (non-hydrogen) atoms. The van der Waals surface area contributed by atoms with E-state index in [1.165, 1.54) is 43.2 Å². The predicted octanol–water partition coefficient (Wildman–Crippen LogP) is 5.42. The van der Waals surface area contributed by atoms with E-state index in [9.17, 15) is 0 Å². The fourth-order valence-corrected chi connectivity index (χ4v) is 5.42. The lowest BCUT2D eigenvalue weighted by atomic mass is 9.85. The molecule has 1 aromatic heterocycles. The third kappa shape index (κ3) is 2.75. The van der Waals surface area contributed by atoms with Crippen LogP contribution in [0.5, 0.6) is 5.88 Å². The van der Waals surface area contributed by atoms with Gasteiger partial charge < -0.3 is 9.64 Å². The van der Waals surface area contributed by atoms with Crippen LogP contribution in [0.4, 0.5) is 5.82 Å². The molecule has 5 rings (SSSR count). The zero-order valence-electron chi connectivity index (χ0n) is 14.5. The van der Waals surface area contributed by atoms with Crippen molar-refractivity contribution in [3.63, 3.8) is 0 Å². The molecule has 0 saturated heterocycles. The standard InChI is InChI=1S/C21H23BrN2O/c1-24(17-9-13-2-3-14(8-13)10-17)20-7-6-19-18-5-4-16(22)11-15(18)12-25-21(19)23-20/h4-7,11,13-14,17H,2-3,8-10,12H2,1H3/t13-,14+,17?. The molecule has 2 aliphatic carbocycles. The quantitative estimate of drug-likeness (QED) is 0.675. The molecule has 2 bridgehead atoms. The van der Waals surface area contributed by atoms with Crippen LogP contribution in [-0.4, -0.2) is 18.1 Å². The van der Waals surface area contributed by atoms with E-state index in [-0.39, 0.29) is 0 Å². The molecule has 130 valence electrons. The van der Waals surface area contributed by atoms with Crippen LogP contribution in [0.25, 0.3) is 11.1 Å². The van der Waals surface area contributed by atoms with Gasteiger partial charge in [0, 0.05) is 23.1 Å². The lowest BCUT2D eigenvalue weighted by molar-refractivity contribution is 0.288. The molecule has 3 nitrogen and oxygen atoms in total. The third-order valence-corrected chi connectivity index (χ3v) is 6.83. The van der Waals surface area contributed by atoms with Crippen LogP contribution in [-0.2, 0) is 6.61 Å². The van der Waals surface area contributed by atoms with Gasteiger partial charge in [0.1, 0.15) is 12.4 Å². The molecule has 3 atom stereocenters. The van der Waals surface area contributed by atoms with E-state index in [2.05, 4.69) is 58.2 Å². The minimum absolute atomic E-state index is 0.593. The van der Waals surface area contributed by atoms with Crippen molar-refractivity contribution < 1.29 is 4.74 Å². The number of pyridine rings is 1. The average Bonchev–Trinajstić information content (AvgIpc) is 2.98. The number of nitrogens with zero attached hydrogens (tertiary/aromatic N) is 2. The minimum atomic E-state index is 0.593. The van der Waals surface area contributed by atoms with Gasteiger partial charge in [-0.1, -0.05) is 34.8 Å². The second kappa shape index (κ2) is 6.01. The van der Waals surface area contributed by atoms with E-state index in [1.54, 1.807) is 0 Å². The van der Waals surface area contributed by atoms with Crippen LogP contribution in [0.1, 0.15) is 37.7 Å². The van der Waals surface area contributed by atoms with E-state index in [0.29, 0.717) is 12.6 Å². The van der Waals surface area contributed by atoms with Gasteiger partial charge in [-0.2, -0.15) is 4.98 Å². The summed E-state index contributed by atoms with van der Waals surface area (Å²) in [6.07, 6.45) is 6.97. The number of aromatic nitrogens is 1. The van der Waals surface area contributed by atoms with Gasteiger partial charge in [0.25, 0.3) is 0 Å². The summed E-state index contributed by atoms with van der Waals surface area (Å²) >= 11 is 3.54. The summed E-state index contributed by atoms with van der Waals surface area (Å²) in [5.74, 6) is 3.69. The molecule has 2 fully saturated rings. The monoisotopic (exact) mass is 398 g/mol. The van der Waals surface area contributed by atoms with Gasteiger partial charge in [-0.05, 0) is 66.5 Å². The molecule has 0 N–H and O–H groups in total. The van der Waals surface area contributed by atoms with E-state index in [0.717, 1.165) is 33.6 Å². The Bertz CT molecular complexity index is 810. The van der Waals surface area contributed by atoms with Crippen molar-refractivity contribution >= 4 is 21.7 Å². The predicted molar refractivity (Wildman–Crippen MR) is 104 cm³/mol. The molecule has 2 aromatic rings. The number of halogens is 1. The summed E-state index contributed by atoms with van der Waals surface area (Å²) in [5.41, 5.74) is 3.56. The highest BCUT2D eigenvalue weighted by Crippen LogP contribution is 2.44. The van der Waals surface area contributed by atoms with Crippen LogP contribution >= 0.6 is 15.9 Å². The van der Waals surface area contributed by atoms with Crippen molar-refractivity contribution in [2.75, 3.05) is 11.9 Å². The Morgan fingerprint density at radius 1 is 1.04 bits per heavy atom. The Balaban J connectivity index is 1.44. The Morgan fingerprint density at radius 2 is 1.80 bits per heavy atom. The number of ether oxygens (including phenoxy) is 1. The number of rotatable bonds is 2. The van der Waals surface area contributed by atoms with Crippen molar-refractivity contribution in [1.29, 1.82) is 0 Å². The van der Waals surface area contributed by atoms with Gasteiger partial charge in [0.2, 0.25) is 5.88 Å². The fraction of sp³-hybridized carbons (Fsp3) is 0.476. The molecule has 0 radical (unpaired) electrons. The summed E-state index contributed by atoms with van der Waals surface area (Å²) in [6, 6.07) is 11.4. The van der Waals surface area contributed by atoms with Gasteiger partial charge in [0.05, 0.1) is 0 Å². The first-order valence-electron chi connectivity index (χ1n) is 9.33. The SMILES string of the molecule is CN(c1ccc2c(n1)OCc1cc(Br)ccc1-2)C1C[C@H]2CC[C@@H](C1)C2. The maximum Gasteiger partial charge on any atom is 0.223 e. The number of hydrogen-bond donors (Lipinski definition) is 0. The van der Waals surface area contributed by atoms with Gasteiger partial charge in [0.15, 0.2) is 0 Å². The first kappa shape index (κ1) is 15.7. The van der Waals surface area contributed by atoms with E-state index >= 15 is 0 Å². The number of hydrogen-bond acceptors (Lipinski definition) is 3. The molecule has 1 aromatic carbocycles. The Morgan fingerprint density at radius 3 is 2.60 bits per heavy atom. The highest BCUT2D eigenvalue weighted by Gasteiger charge is 2.36. The van der Waals surface area contributed by atoms with Gasteiger partial charge in [-0.15, -0.1) is 0 Å². The Hall–Kier alpha value is -1.55. The molecule has 1 unspecified atom stereocenters. The first-order valence-corrected chi connectivity index (χ1v) is 10.1. The van der Waals surface area contributed by atoms with Crippen molar-refractivity contribution in [2.45, 2.75) is 44.8 Å². The molecule has 0 spiro atoms. The van der Waals surface area contributed by atoms with Crippen molar-refractivity contribution in [3.05, 3.63) is 40.4 Å². The lowest BCUT2D eigenvalue weighted by Gasteiger charge is -2.36. The molecule has 2 saturated carbocycles. The smallest absolute Gasteiger partial charge is 0.223 e. The van der Waals surface area contributed by atoms with E-state index in [1.807, 2.05) is 0 Å². The van der Waals surface area contributed by atoms with Crippen LogP contribution in [0.2, 0.25) is 0 Å². The van der Waals surface area contributed by atoms with Crippen molar-refractivity contribution in [3.8, 4) is 17.0 Å². The number of fused-ring (bicyclic) bond motifs is 5. The minimum Gasteiger partial charge on any atom is -0.472 e. The summed E-state index contributed by atoms with van der Waals surface area (Å²) in [4.78, 5) is 7.27. The van der Waals surface area contributed by atoms with Crippen molar-refractivity contribution in [1.82, 2.24) is 4.98 Å². The zero-order valence-corrected chi connectivity index (χ0v) is 16.1. The van der Waals surface area contributed by atoms with Gasteiger partial charge in [-0.3, -0.25) is 0 Å². The summed E-state index contributed by atoms with van der Waals surface area (Å²) in [6.45, 7) is 0.593. The number of anilines is 1. The Kier molecular flexibility index (Phi) is 3.77. The summed E-state index contributed by atoms with van der Waals surface area (Å²) in [5, 5.41) is 0. The van der Waals surface area contributed by atoms with E-state index in [4.69, 9.17) is 9.72 Å². The average molecular weight is 399 g/mol. The lowest BCUT2D eigenvalue weighted by Crippen LogP contribution is -2.37. The summed E-state index contributed by atoms with van der Waals surface area (Å²) < 4.78 is 7.07. The highest BCUT2D eigenvalue weighted by atomic mass is 79.9. The largest absolute Gasteiger partial charge is 0.472 e. The van der Waals surface area contributed by atoms with Crippen LogP contribution in [0.15, 0.2) is 34.8 Å². The second-order valence-corrected chi connectivity index (χ2v) is 8.81. The molecule has 0 amide bonds. The molecule has 2 heterocycles. The van der Waals surface area contributed by atoms with Crippen LogP contribution < -0.4 is 9.64 Å². The van der Waals surface area contributed by atoms with Crippen LogP contribution in [0.3, 0.4) is 0 Å². The second-order valence-electron chi connectivity index (χ2n) is 7.89. The van der Waals surface area contributed by atoms with E-state index < -0.39 is 0 Å². The van der Waals surface area contributed by atoms with Gasteiger partial charge >= 0.3 is 0 Å². The fourth-order valence-electron chi connectivity index (χ4n) is 5.01. The zero-order chi connectivity index (χ0) is 17.0. The highest BCUT2D eigenvalue weighted by molar-refractivity contribution is 9.10. The van der Waals surface area contributed by atoms with Crippen molar-refractivity contribution in [2.24, 2.45) is 11.8 Å². The third-order valence-electron chi connectivity index (χ3n) is 6.34. The molecule has 3 aliphatic rings. The van der Waals surface area contributed by atoms with Crippen LogP contribution in [0, 0.1) is 11.8 Å². The van der Waals surface area contributed by atoms with Gasteiger partial charge in [-0.25, -0.2) is 0 Å². The Labute approximate surface area is 157 Å². The normalized spacial score (nSPS) is 26.6.